The van der Waals surface area contributed by atoms with E-state index in [2.05, 4.69) is 16.0 Å². The summed E-state index contributed by atoms with van der Waals surface area (Å²) in [5, 5.41) is 9.12. The third-order valence-corrected chi connectivity index (χ3v) is 11.5. The zero-order valence-corrected chi connectivity index (χ0v) is 30.6. The van der Waals surface area contributed by atoms with Crippen LogP contribution in [0.15, 0.2) is 53.3 Å². The molecule has 50 heavy (non-hydrogen) atoms. The summed E-state index contributed by atoms with van der Waals surface area (Å²) in [5.41, 5.74) is 3.85. The average molecular weight is 725 g/mol. The predicted octanol–water partition coefficient (Wildman–Crippen LogP) is 4.97. The van der Waals surface area contributed by atoms with Gasteiger partial charge in [0.05, 0.1) is 44.5 Å². The van der Waals surface area contributed by atoms with Crippen LogP contribution in [-0.2, 0) is 26.0 Å². The molecular weight excluding hydrogens is 681 g/mol. The van der Waals surface area contributed by atoms with Crippen molar-refractivity contribution in [1.82, 2.24) is 5.32 Å². The van der Waals surface area contributed by atoms with Crippen LogP contribution in [0.2, 0.25) is 0 Å². The first-order valence-corrected chi connectivity index (χ1v) is 19.5. The van der Waals surface area contributed by atoms with Crippen molar-refractivity contribution in [2.75, 3.05) is 60.6 Å². The standard InChI is InChI=1S/C36H44N4O8S2/c1-22(41)37-28-14-8-23-20-32(46-2)34(47-3)35(48-4)33(23)26-13-15-29(31(42)21-27(26)28)39-30(16-18-49-5)36(43)38-24-9-11-25(12-10-24)40-17-6-7-19-50(40,44)45/h9-13,15,20-21,28,30H,6-8,14,16-19H2,1-5H3,(H,37,41)(H,38,43)(H,39,42)/t28-,30-/m0/s1. The number of hydrogen-bond donors (Lipinski definition) is 3. The highest BCUT2D eigenvalue weighted by atomic mass is 32.2. The molecule has 268 valence electrons. The Balaban J connectivity index is 1.50. The van der Waals surface area contributed by atoms with Gasteiger partial charge in [-0.1, -0.05) is 6.07 Å². The Bertz CT molecular complexity index is 1900. The maximum Gasteiger partial charge on any atom is 0.246 e. The first-order valence-electron chi connectivity index (χ1n) is 16.5. The molecule has 2 aliphatic rings. The molecule has 0 radical (unpaired) electrons. The second kappa shape index (κ2) is 16.1. The normalized spacial score (nSPS) is 16.9. The van der Waals surface area contributed by atoms with E-state index in [0.29, 0.717) is 77.7 Å². The summed E-state index contributed by atoms with van der Waals surface area (Å²) in [6, 6.07) is 12.4. The quantitative estimate of drug-likeness (QED) is 0.234. The highest BCUT2D eigenvalue weighted by Gasteiger charge is 2.30. The summed E-state index contributed by atoms with van der Waals surface area (Å²) in [6.07, 6.45) is 4.89. The van der Waals surface area contributed by atoms with Gasteiger partial charge in [-0.2, -0.15) is 11.8 Å². The summed E-state index contributed by atoms with van der Waals surface area (Å²) in [7, 11) is 1.26. The number of amides is 2. The summed E-state index contributed by atoms with van der Waals surface area (Å²) in [6.45, 7) is 1.87. The van der Waals surface area contributed by atoms with Crippen LogP contribution in [0, 0.1) is 0 Å². The van der Waals surface area contributed by atoms with Crippen molar-refractivity contribution in [3.63, 3.8) is 0 Å². The van der Waals surface area contributed by atoms with E-state index in [9.17, 15) is 22.8 Å². The second-order valence-electron chi connectivity index (χ2n) is 12.2. The molecule has 1 saturated heterocycles. The minimum Gasteiger partial charge on any atom is -0.493 e. The molecule has 0 unspecified atom stereocenters. The molecule has 1 aliphatic heterocycles. The van der Waals surface area contributed by atoms with Crippen LogP contribution in [-0.4, -0.2) is 71.9 Å². The molecule has 1 heterocycles. The molecular formula is C36H44N4O8S2. The number of nitrogens with zero attached hydrogens (tertiary/aromatic N) is 1. The highest BCUT2D eigenvalue weighted by Crippen LogP contribution is 2.50. The van der Waals surface area contributed by atoms with E-state index in [0.717, 1.165) is 17.5 Å². The Morgan fingerprint density at radius 3 is 2.38 bits per heavy atom. The first-order chi connectivity index (χ1) is 24.0. The maximum atomic E-state index is 13.9. The van der Waals surface area contributed by atoms with Gasteiger partial charge in [-0.15, -0.1) is 0 Å². The number of aryl methyl sites for hydroxylation is 1. The van der Waals surface area contributed by atoms with Crippen molar-refractivity contribution in [1.29, 1.82) is 0 Å². The van der Waals surface area contributed by atoms with Crippen LogP contribution in [0.25, 0.3) is 11.1 Å². The number of sulfonamides is 1. The molecule has 3 aromatic rings. The molecule has 12 nitrogen and oxygen atoms in total. The summed E-state index contributed by atoms with van der Waals surface area (Å²) in [5.74, 6) is 1.55. The summed E-state index contributed by atoms with van der Waals surface area (Å²) in [4.78, 5) is 39.9. The van der Waals surface area contributed by atoms with Crippen LogP contribution >= 0.6 is 11.8 Å². The number of methoxy groups -OCH3 is 3. The van der Waals surface area contributed by atoms with E-state index in [-0.39, 0.29) is 28.7 Å². The third-order valence-electron chi connectivity index (χ3n) is 8.94. The van der Waals surface area contributed by atoms with Crippen LogP contribution in [0.4, 0.5) is 17.1 Å². The number of fused-ring (bicyclic) bond motifs is 3. The smallest absolute Gasteiger partial charge is 0.246 e. The van der Waals surface area contributed by atoms with E-state index in [4.69, 9.17) is 14.2 Å². The fraction of sp³-hybridized carbons (Fsp3) is 0.417. The monoisotopic (exact) mass is 724 g/mol. The lowest BCUT2D eigenvalue weighted by Crippen LogP contribution is -2.38. The van der Waals surface area contributed by atoms with Crippen LogP contribution in [0.1, 0.15) is 49.8 Å². The van der Waals surface area contributed by atoms with Gasteiger partial charge in [0.25, 0.3) is 0 Å². The number of carbonyl (C=O) groups excluding carboxylic acids is 2. The van der Waals surface area contributed by atoms with Crippen LogP contribution in [0.5, 0.6) is 17.2 Å². The number of anilines is 3. The van der Waals surface area contributed by atoms with E-state index in [1.165, 1.54) is 24.4 Å². The molecule has 3 N–H and O–H groups in total. The van der Waals surface area contributed by atoms with Gasteiger partial charge in [0.15, 0.2) is 11.5 Å². The van der Waals surface area contributed by atoms with Gasteiger partial charge in [-0.25, -0.2) is 8.42 Å². The average Bonchev–Trinajstić information content (AvgIpc) is 3.33. The van der Waals surface area contributed by atoms with E-state index < -0.39 is 22.1 Å². The minimum atomic E-state index is -3.36. The Kier molecular flexibility index (Phi) is 11.8. The van der Waals surface area contributed by atoms with Crippen molar-refractivity contribution in [2.45, 2.75) is 51.1 Å². The molecule has 14 heteroatoms. The Morgan fingerprint density at radius 2 is 1.74 bits per heavy atom. The largest absolute Gasteiger partial charge is 0.493 e. The number of carbonyl (C=O) groups is 2. The number of benzene rings is 2. The van der Waals surface area contributed by atoms with Crippen molar-refractivity contribution in [3.05, 3.63) is 69.9 Å². The number of thioether (sulfide) groups is 1. The van der Waals surface area contributed by atoms with Crippen molar-refractivity contribution >= 4 is 50.7 Å². The molecule has 0 saturated carbocycles. The van der Waals surface area contributed by atoms with Gasteiger partial charge in [0.2, 0.25) is 33.0 Å². The highest BCUT2D eigenvalue weighted by molar-refractivity contribution is 7.98. The number of ether oxygens (including phenoxy) is 3. The molecule has 5 rings (SSSR count). The maximum absolute atomic E-state index is 13.9. The number of hydrogen-bond acceptors (Lipinski definition) is 10. The molecule has 1 aliphatic carbocycles. The predicted molar refractivity (Wildman–Crippen MR) is 199 cm³/mol. The summed E-state index contributed by atoms with van der Waals surface area (Å²) < 4.78 is 43.7. The SMILES string of the molecule is COc1cc2c(c(OC)c1OC)-c1ccc(N[C@@H](CCSC)C(=O)Nc3ccc(N4CCCCS4(=O)=O)cc3)c(=O)cc1[C@@H](NC(C)=O)CC2. The zero-order valence-electron chi connectivity index (χ0n) is 29.0. The van der Waals surface area contributed by atoms with Crippen molar-refractivity contribution in [3.8, 4) is 28.4 Å². The molecule has 3 aromatic carbocycles. The third kappa shape index (κ3) is 7.96. The lowest BCUT2D eigenvalue weighted by molar-refractivity contribution is -0.120. The molecule has 0 bridgehead atoms. The Morgan fingerprint density at radius 1 is 1.00 bits per heavy atom. The zero-order chi connectivity index (χ0) is 36.0. The van der Waals surface area contributed by atoms with E-state index in [1.54, 1.807) is 56.3 Å². The Labute approximate surface area is 297 Å². The van der Waals surface area contributed by atoms with Crippen LogP contribution < -0.4 is 39.9 Å². The number of nitrogens with one attached hydrogen (secondary N) is 3. The Hall–Kier alpha value is -4.43. The number of rotatable bonds is 12. The molecule has 0 aromatic heterocycles. The van der Waals surface area contributed by atoms with Gasteiger partial charge in [-0.05, 0) is 103 Å². The molecule has 0 spiro atoms. The van der Waals surface area contributed by atoms with Gasteiger partial charge in [0, 0.05) is 24.7 Å². The molecule has 2 amide bonds. The van der Waals surface area contributed by atoms with Crippen molar-refractivity contribution < 1.29 is 32.2 Å². The van der Waals surface area contributed by atoms with E-state index >= 15 is 0 Å². The fourth-order valence-corrected chi connectivity index (χ4v) is 8.65. The van der Waals surface area contributed by atoms with Gasteiger partial charge in [-0.3, -0.25) is 18.7 Å². The van der Waals surface area contributed by atoms with Crippen molar-refractivity contribution in [2.24, 2.45) is 0 Å². The summed E-state index contributed by atoms with van der Waals surface area (Å²) >= 11 is 1.58. The lowest BCUT2D eigenvalue weighted by atomic mass is 9.95. The minimum absolute atomic E-state index is 0.118. The first kappa shape index (κ1) is 36.8. The molecule has 2 atom stereocenters. The topological polar surface area (TPSA) is 152 Å². The van der Waals surface area contributed by atoms with Crippen LogP contribution in [0.3, 0.4) is 0 Å². The lowest BCUT2D eigenvalue weighted by Gasteiger charge is -2.28. The fourth-order valence-electron chi connectivity index (χ4n) is 6.54. The van der Waals surface area contributed by atoms with Gasteiger partial charge in [0.1, 0.15) is 6.04 Å². The van der Waals surface area contributed by atoms with Gasteiger partial charge < -0.3 is 30.2 Å². The second-order valence-corrected chi connectivity index (χ2v) is 15.2. The van der Waals surface area contributed by atoms with E-state index in [1.807, 2.05) is 18.4 Å². The van der Waals surface area contributed by atoms with Gasteiger partial charge >= 0.3 is 0 Å². The molecule has 1 fully saturated rings.